The van der Waals surface area contributed by atoms with Gasteiger partial charge in [-0.25, -0.2) is 4.79 Å². The fraction of sp³-hybridized carbons (Fsp3) is 0.0667. The lowest BCUT2D eigenvalue weighted by molar-refractivity contribution is -0.121. The van der Waals surface area contributed by atoms with E-state index in [2.05, 4.69) is 0 Å². The zero-order valence-electron chi connectivity index (χ0n) is 10.7. The number of hydrogen-bond acceptors (Lipinski definition) is 3. The Balaban J connectivity index is 1.95. The summed E-state index contributed by atoms with van der Waals surface area (Å²) in [7, 11) is 0. The van der Waals surface area contributed by atoms with E-state index >= 15 is 0 Å². The van der Waals surface area contributed by atoms with Gasteiger partial charge in [0.1, 0.15) is 5.75 Å². The predicted octanol–water partition coefficient (Wildman–Crippen LogP) is 1.93. The number of rotatable bonds is 4. The summed E-state index contributed by atoms with van der Waals surface area (Å²) in [5.41, 5.74) is 6.98. The van der Waals surface area contributed by atoms with Crippen molar-refractivity contribution in [1.82, 2.24) is 5.32 Å². The van der Waals surface area contributed by atoms with Crippen LogP contribution in [0.5, 0.6) is 5.75 Å². The Labute approximate surface area is 116 Å². The molecular weight excluding hydrogens is 256 g/mol. The van der Waals surface area contributed by atoms with Gasteiger partial charge in [-0.15, -0.1) is 0 Å². The maximum Gasteiger partial charge on any atom is 0.318 e. The van der Waals surface area contributed by atoms with Crippen LogP contribution in [0.25, 0.3) is 11.1 Å². The van der Waals surface area contributed by atoms with Gasteiger partial charge >= 0.3 is 6.03 Å². The summed E-state index contributed by atoms with van der Waals surface area (Å²) < 4.78 is 5.24. The van der Waals surface area contributed by atoms with Gasteiger partial charge in [-0.3, -0.25) is 10.1 Å². The molecule has 0 heterocycles. The fourth-order valence-corrected chi connectivity index (χ4v) is 1.70. The van der Waals surface area contributed by atoms with Crippen LogP contribution in [0, 0.1) is 0 Å². The Morgan fingerprint density at radius 2 is 1.55 bits per heavy atom. The van der Waals surface area contributed by atoms with Crippen LogP contribution in [-0.2, 0) is 4.79 Å². The van der Waals surface area contributed by atoms with Gasteiger partial charge < -0.3 is 10.5 Å². The van der Waals surface area contributed by atoms with E-state index in [0.717, 1.165) is 11.1 Å². The maximum atomic E-state index is 11.2. The van der Waals surface area contributed by atoms with E-state index < -0.39 is 11.9 Å². The molecule has 2 rings (SSSR count). The number of nitrogens with one attached hydrogen (secondary N) is 1. The lowest BCUT2D eigenvalue weighted by Gasteiger charge is -2.07. The molecule has 2 aromatic carbocycles. The summed E-state index contributed by atoms with van der Waals surface area (Å²) >= 11 is 0. The van der Waals surface area contributed by atoms with Gasteiger partial charge in [-0.05, 0) is 23.3 Å². The highest BCUT2D eigenvalue weighted by Gasteiger charge is 2.05. The summed E-state index contributed by atoms with van der Waals surface area (Å²) in [5, 5.41) is 1.93. The summed E-state index contributed by atoms with van der Waals surface area (Å²) in [6, 6.07) is 16.3. The van der Waals surface area contributed by atoms with Crippen LogP contribution in [0.2, 0.25) is 0 Å². The molecular formula is C15H14N2O3. The van der Waals surface area contributed by atoms with Crippen LogP contribution >= 0.6 is 0 Å². The molecule has 0 bridgehead atoms. The van der Waals surface area contributed by atoms with Crippen molar-refractivity contribution in [1.29, 1.82) is 0 Å². The maximum absolute atomic E-state index is 11.2. The highest BCUT2D eigenvalue weighted by Crippen LogP contribution is 2.21. The second-order valence-corrected chi connectivity index (χ2v) is 4.09. The lowest BCUT2D eigenvalue weighted by Crippen LogP contribution is -2.38. The summed E-state index contributed by atoms with van der Waals surface area (Å²) in [5.74, 6) is -0.0334. The fourth-order valence-electron chi connectivity index (χ4n) is 1.70. The summed E-state index contributed by atoms with van der Waals surface area (Å²) in [6.45, 7) is -0.256. The number of carbonyl (C=O) groups is 2. The molecule has 0 fully saturated rings. The molecule has 3 amide bonds. The first kappa shape index (κ1) is 13.6. The van der Waals surface area contributed by atoms with Crippen molar-refractivity contribution < 1.29 is 14.3 Å². The molecule has 5 nitrogen and oxygen atoms in total. The Morgan fingerprint density at radius 3 is 2.15 bits per heavy atom. The van der Waals surface area contributed by atoms with E-state index in [0.29, 0.717) is 5.75 Å². The molecule has 0 atom stereocenters. The smallest absolute Gasteiger partial charge is 0.318 e. The third-order valence-corrected chi connectivity index (χ3v) is 2.59. The second kappa shape index (κ2) is 6.38. The summed E-state index contributed by atoms with van der Waals surface area (Å²) in [4.78, 5) is 21.6. The molecule has 0 aliphatic heterocycles. The molecule has 5 heteroatoms. The second-order valence-electron chi connectivity index (χ2n) is 4.09. The number of benzene rings is 2. The molecule has 0 unspecified atom stereocenters. The molecule has 0 spiro atoms. The van der Waals surface area contributed by atoms with E-state index in [9.17, 15) is 9.59 Å². The molecule has 102 valence electrons. The molecule has 3 N–H and O–H groups in total. The number of hydrogen-bond donors (Lipinski definition) is 2. The van der Waals surface area contributed by atoms with E-state index in [-0.39, 0.29) is 6.61 Å². The molecule has 0 saturated carbocycles. The first-order valence-corrected chi connectivity index (χ1v) is 6.03. The van der Waals surface area contributed by atoms with Crippen molar-refractivity contribution in [2.45, 2.75) is 0 Å². The number of primary amides is 1. The van der Waals surface area contributed by atoms with Crippen LogP contribution in [0.4, 0.5) is 4.79 Å². The minimum atomic E-state index is -0.891. The van der Waals surface area contributed by atoms with Crippen molar-refractivity contribution in [3.05, 3.63) is 54.6 Å². The Hall–Kier alpha value is -2.82. The van der Waals surface area contributed by atoms with Crippen LogP contribution < -0.4 is 15.8 Å². The monoisotopic (exact) mass is 270 g/mol. The summed E-state index contributed by atoms with van der Waals surface area (Å²) in [6.07, 6.45) is 0. The number of ether oxygens (including phenoxy) is 1. The minimum absolute atomic E-state index is 0.256. The molecule has 2 aromatic rings. The normalized spacial score (nSPS) is 9.80. The SMILES string of the molecule is NC(=O)NC(=O)COc1ccc(-c2ccccc2)cc1. The number of urea groups is 1. The van der Waals surface area contributed by atoms with Gasteiger partial charge in [-0.2, -0.15) is 0 Å². The zero-order chi connectivity index (χ0) is 14.4. The van der Waals surface area contributed by atoms with Gasteiger partial charge in [-0.1, -0.05) is 42.5 Å². The third kappa shape index (κ3) is 3.84. The molecule has 0 radical (unpaired) electrons. The van der Waals surface area contributed by atoms with E-state index in [4.69, 9.17) is 10.5 Å². The first-order valence-electron chi connectivity index (χ1n) is 6.03. The first-order chi connectivity index (χ1) is 9.65. The molecule has 20 heavy (non-hydrogen) atoms. The van der Waals surface area contributed by atoms with Crippen molar-refractivity contribution in [3.63, 3.8) is 0 Å². The quantitative estimate of drug-likeness (QED) is 0.890. The molecule has 0 aromatic heterocycles. The number of imide groups is 1. The van der Waals surface area contributed by atoms with Crippen LogP contribution in [0.1, 0.15) is 0 Å². The van der Waals surface area contributed by atoms with Gasteiger partial charge in [0.2, 0.25) is 0 Å². The number of carbonyl (C=O) groups excluding carboxylic acids is 2. The molecule has 0 saturated heterocycles. The molecule has 0 aliphatic rings. The highest BCUT2D eigenvalue weighted by atomic mass is 16.5. The van der Waals surface area contributed by atoms with E-state index in [1.54, 1.807) is 12.1 Å². The van der Waals surface area contributed by atoms with Gasteiger partial charge in [0.25, 0.3) is 5.91 Å². The van der Waals surface area contributed by atoms with Gasteiger partial charge in [0.05, 0.1) is 0 Å². The minimum Gasteiger partial charge on any atom is -0.484 e. The van der Waals surface area contributed by atoms with Crippen LogP contribution in [-0.4, -0.2) is 18.5 Å². The Bertz CT molecular complexity index is 594. The average molecular weight is 270 g/mol. The third-order valence-electron chi connectivity index (χ3n) is 2.59. The Morgan fingerprint density at radius 1 is 0.950 bits per heavy atom. The van der Waals surface area contributed by atoms with Crippen LogP contribution in [0.3, 0.4) is 0 Å². The highest BCUT2D eigenvalue weighted by molar-refractivity contribution is 5.94. The zero-order valence-corrected chi connectivity index (χ0v) is 10.7. The Kier molecular flexibility index (Phi) is 4.34. The average Bonchev–Trinajstić information content (AvgIpc) is 2.46. The van der Waals surface area contributed by atoms with E-state index in [1.165, 1.54) is 0 Å². The van der Waals surface area contributed by atoms with Crippen molar-refractivity contribution in [3.8, 4) is 16.9 Å². The molecule has 0 aliphatic carbocycles. The van der Waals surface area contributed by atoms with Gasteiger partial charge in [0.15, 0.2) is 6.61 Å². The van der Waals surface area contributed by atoms with Crippen LogP contribution in [0.15, 0.2) is 54.6 Å². The van der Waals surface area contributed by atoms with Crippen molar-refractivity contribution in [2.24, 2.45) is 5.73 Å². The predicted molar refractivity (Wildman–Crippen MR) is 75.1 cm³/mol. The number of amides is 3. The largest absolute Gasteiger partial charge is 0.484 e. The topological polar surface area (TPSA) is 81.4 Å². The number of nitrogens with two attached hydrogens (primary N) is 1. The van der Waals surface area contributed by atoms with Crippen molar-refractivity contribution in [2.75, 3.05) is 6.61 Å². The standard InChI is InChI=1S/C15H14N2O3/c16-15(19)17-14(18)10-20-13-8-6-12(7-9-13)11-4-2-1-3-5-11/h1-9H,10H2,(H3,16,17,18,19). The van der Waals surface area contributed by atoms with Gasteiger partial charge in [0, 0.05) is 0 Å². The van der Waals surface area contributed by atoms with E-state index in [1.807, 2.05) is 47.8 Å². The van der Waals surface area contributed by atoms with Crippen molar-refractivity contribution >= 4 is 11.9 Å². The lowest BCUT2D eigenvalue weighted by atomic mass is 10.1.